The molecule has 0 aliphatic rings. The molecule has 0 radical (unpaired) electrons. The van der Waals surface area contributed by atoms with Crippen LogP contribution in [-0.4, -0.2) is 36.3 Å². The summed E-state index contributed by atoms with van der Waals surface area (Å²) in [6, 6.07) is 3.14. The Morgan fingerprint density at radius 3 is 2.86 bits per heavy atom. The number of nitrogens with zero attached hydrogens (tertiary/aromatic N) is 3. The molecule has 0 saturated heterocycles. The van der Waals surface area contributed by atoms with Crippen molar-refractivity contribution in [1.29, 1.82) is 0 Å². The lowest BCUT2D eigenvalue weighted by molar-refractivity contribution is -0.753. The molecule has 0 bridgehead atoms. The van der Waals surface area contributed by atoms with Gasteiger partial charge in [0.25, 0.3) is 15.7 Å². The monoisotopic (exact) mass is 311 g/mol. The maximum absolute atomic E-state index is 11.2. The Morgan fingerprint density at radius 2 is 2.24 bits per heavy atom. The van der Waals surface area contributed by atoms with Gasteiger partial charge >= 0.3 is 0 Å². The minimum atomic E-state index is -3.43. The number of H-pyrrole nitrogens is 1. The maximum atomic E-state index is 11.2. The summed E-state index contributed by atoms with van der Waals surface area (Å²) in [5.74, 6) is -0.0600. The van der Waals surface area contributed by atoms with Crippen molar-refractivity contribution in [3.8, 4) is 11.3 Å². The van der Waals surface area contributed by atoms with Gasteiger partial charge in [-0.3, -0.25) is 8.98 Å². The van der Waals surface area contributed by atoms with Crippen molar-refractivity contribution in [3.63, 3.8) is 0 Å². The molecule has 1 N–H and O–H groups in total. The zero-order valence-corrected chi connectivity index (χ0v) is 12.2. The van der Waals surface area contributed by atoms with E-state index in [0.29, 0.717) is 24.2 Å². The topological polar surface area (TPSA) is 106 Å². The molecule has 0 amide bonds. The molecule has 0 unspecified atom stereocenters. The van der Waals surface area contributed by atoms with Gasteiger partial charge in [0.2, 0.25) is 0 Å². The lowest BCUT2D eigenvalue weighted by atomic mass is 10.2. The Balaban J connectivity index is 2.01. The summed E-state index contributed by atoms with van der Waals surface area (Å²) in [6.07, 6.45) is 5.01. The normalized spacial score (nSPS) is 11.5. The zero-order valence-electron chi connectivity index (χ0n) is 11.4. The molecule has 0 fully saturated rings. The molecule has 0 saturated carbocycles. The van der Waals surface area contributed by atoms with Crippen LogP contribution in [0.2, 0.25) is 0 Å². The third-order valence-electron chi connectivity index (χ3n) is 2.78. The number of hydrogen-bond acceptors (Lipinski definition) is 6. The fourth-order valence-electron chi connectivity index (χ4n) is 1.68. The molecule has 0 aromatic carbocycles. The van der Waals surface area contributed by atoms with E-state index in [1.807, 2.05) is 0 Å². The van der Waals surface area contributed by atoms with E-state index in [1.54, 1.807) is 23.1 Å². The van der Waals surface area contributed by atoms with Gasteiger partial charge in [-0.25, -0.2) is 4.98 Å². The Kier molecular flexibility index (Phi) is 4.76. The molecule has 0 aliphatic heterocycles. The fraction of sp³-hybridized carbons (Fsp3) is 0.333. The summed E-state index contributed by atoms with van der Waals surface area (Å²) in [5, 5.41) is 4.16. The number of aromatic amines is 1. The van der Waals surface area contributed by atoms with Gasteiger partial charge in [0.15, 0.2) is 12.7 Å². The number of nitrogens with one attached hydrogen (secondary N) is 1. The van der Waals surface area contributed by atoms with Gasteiger partial charge in [-0.05, 0) is 5.10 Å². The highest BCUT2D eigenvalue weighted by Gasteiger charge is 2.11. The number of aryl methyl sites for hydroxylation is 1. The molecule has 2 aromatic rings. The Bertz CT molecular complexity index is 755. The van der Waals surface area contributed by atoms with Crippen LogP contribution in [0, 0.1) is 0 Å². The van der Waals surface area contributed by atoms with Crippen LogP contribution in [0.4, 0.5) is 0 Å². The van der Waals surface area contributed by atoms with E-state index in [4.69, 9.17) is 0 Å². The van der Waals surface area contributed by atoms with E-state index in [9.17, 15) is 13.2 Å². The summed E-state index contributed by atoms with van der Waals surface area (Å²) in [5.41, 5.74) is 1.00. The number of hydrogen-bond donors (Lipinski definition) is 1. The minimum Gasteiger partial charge on any atom is -0.313 e. The molecule has 21 heavy (non-hydrogen) atoms. The van der Waals surface area contributed by atoms with Crippen LogP contribution < -0.4 is 10.2 Å². The van der Waals surface area contributed by atoms with Crippen LogP contribution in [0.3, 0.4) is 0 Å². The van der Waals surface area contributed by atoms with Crippen molar-refractivity contribution in [2.24, 2.45) is 0 Å². The molecule has 9 heteroatoms. The van der Waals surface area contributed by atoms with Crippen molar-refractivity contribution in [1.82, 2.24) is 15.1 Å². The summed E-state index contributed by atoms with van der Waals surface area (Å²) >= 11 is 0. The maximum Gasteiger partial charge on any atom is 0.267 e. The van der Waals surface area contributed by atoms with Gasteiger partial charge in [0.1, 0.15) is 6.20 Å². The standard InChI is InChI=1S/C12H14N4O4S/c1-20-21(18,19)6-2-4-16-5-3-10(8-15-16)11-7-12(17)14-9-13-11/h3,5,7-9H,2,4,6H2,1H3/p+1. The first kappa shape index (κ1) is 15.3. The van der Waals surface area contributed by atoms with Crippen molar-refractivity contribution in [2.45, 2.75) is 13.0 Å². The van der Waals surface area contributed by atoms with Gasteiger partial charge in [0.05, 0.1) is 24.9 Å². The van der Waals surface area contributed by atoms with Gasteiger partial charge < -0.3 is 4.98 Å². The minimum absolute atomic E-state index is 0.0600. The second-order valence-corrected chi connectivity index (χ2v) is 6.11. The van der Waals surface area contributed by atoms with Crippen LogP contribution in [-0.2, 0) is 20.8 Å². The molecular weight excluding hydrogens is 296 g/mol. The lowest BCUT2D eigenvalue weighted by Crippen LogP contribution is -2.38. The second kappa shape index (κ2) is 6.55. The van der Waals surface area contributed by atoms with E-state index in [-0.39, 0.29) is 11.3 Å². The van der Waals surface area contributed by atoms with E-state index in [2.05, 4.69) is 19.2 Å². The van der Waals surface area contributed by atoms with E-state index < -0.39 is 10.1 Å². The molecule has 0 aliphatic carbocycles. The summed E-state index contributed by atoms with van der Waals surface area (Å²) < 4.78 is 28.3. The third-order valence-corrected chi connectivity index (χ3v) is 4.08. The van der Waals surface area contributed by atoms with Crippen LogP contribution in [0.1, 0.15) is 6.42 Å². The van der Waals surface area contributed by atoms with Crippen molar-refractivity contribution < 1.29 is 17.3 Å². The predicted octanol–water partition coefficient (Wildman–Crippen LogP) is -0.514. The summed E-state index contributed by atoms with van der Waals surface area (Å²) in [7, 11) is -2.29. The smallest absolute Gasteiger partial charge is 0.267 e. The molecule has 2 heterocycles. The SMILES string of the molecule is COS(=O)(=O)CCC[n+]1ccc(-c2cc(=O)[nH]cn2)cn1. The molecular formula is C12H15N4O4S+. The van der Waals surface area contributed by atoms with Gasteiger partial charge in [-0.1, -0.05) is 4.68 Å². The Morgan fingerprint density at radius 1 is 1.43 bits per heavy atom. The van der Waals surface area contributed by atoms with Crippen LogP contribution in [0.25, 0.3) is 11.3 Å². The highest BCUT2D eigenvalue weighted by Crippen LogP contribution is 2.10. The first-order valence-electron chi connectivity index (χ1n) is 6.19. The average molecular weight is 311 g/mol. The number of aromatic nitrogens is 4. The van der Waals surface area contributed by atoms with E-state index in [1.165, 1.54) is 12.4 Å². The first-order chi connectivity index (χ1) is 10.00. The zero-order chi connectivity index (χ0) is 15.3. The molecule has 0 spiro atoms. The summed E-state index contributed by atoms with van der Waals surface area (Å²) in [4.78, 5) is 17.7. The predicted molar refractivity (Wildman–Crippen MR) is 73.7 cm³/mol. The van der Waals surface area contributed by atoms with Crippen LogP contribution in [0.15, 0.2) is 35.6 Å². The van der Waals surface area contributed by atoms with Crippen LogP contribution >= 0.6 is 0 Å². The second-order valence-electron chi connectivity index (χ2n) is 4.26. The average Bonchev–Trinajstić information content (AvgIpc) is 2.48. The van der Waals surface area contributed by atoms with Crippen molar-refractivity contribution >= 4 is 10.1 Å². The van der Waals surface area contributed by atoms with Crippen molar-refractivity contribution in [3.05, 3.63) is 41.2 Å². The van der Waals surface area contributed by atoms with Gasteiger partial charge in [-0.2, -0.15) is 8.42 Å². The Labute approximate surface area is 121 Å². The quantitative estimate of drug-likeness (QED) is 0.569. The lowest BCUT2D eigenvalue weighted by Gasteiger charge is -1.99. The van der Waals surface area contributed by atoms with Crippen molar-refractivity contribution in [2.75, 3.05) is 12.9 Å². The molecule has 0 atom stereocenters. The first-order valence-corrected chi connectivity index (χ1v) is 7.77. The highest BCUT2D eigenvalue weighted by molar-refractivity contribution is 7.86. The van der Waals surface area contributed by atoms with E-state index >= 15 is 0 Å². The largest absolute Gasteiger partial charge is 0.313 e. The highest BCUT2D eigenvalue weighted by atomic mass is 32.2. The van der Waals surface area contributed by atoms with Gasteiger partial charge in [0, 0.05) is 24.1 Å². The molecule has 2 aromatic heterocycles. The molecule has 112 valence electrons. The summed E-state index contributed by atoms with van der Waals surface area (Å²) in [6.45, 7) is 0.450. The molecule has 2 rings (SSSR count). The third kappa shape index (κ3) is 4.43. The van der Waals surface area contributed by atoms with Crippen LogP contribution in [0.5, 0.6) is 0 Å². The Hall–Kier alpha value is -2.13. The van der Waals surface area contributed by atoms with Gasteiger partial charge in [-0.15, -0.1) is 0 Å². The number of rotatable bonds is 6. The molecule has 8 nitrogen and oxygen atoms in total. The fourth-order valence-corrected chi connectivity index (χ4v) is 2.33. The van der Waals surface area contributed by atoms with E-state index in [0.717, 1.165) is 7.11 Å².